The Morgan fingerprint density at radius 2 is 1.89 bits per heavy atom. The average molecular weight is 275 g/mol. The Morgan fingerprint density at radius 1 is 1.17 bits per heavy atom. The number of nitrogens with one attached hydrogen (secondary N) is 1. The Morgan fingerprint density at radius 3 is 2.50 bits per heavy atom. The van der Waals surface area contributed by atoms with Crippen LogP contribution in [-0.2, 0) is 0 Å². The molecule has 2 aromatic rings. The van der Waals surface area contributed by atoms with Gasteiger partial charge in [-0.3, -0.25) is 0 Å². The summed E-state index contributed by atoms with van der Waals surface area (Å²) >= 11 is 7.63. The summed E-state index contributed by atoms with van der Waals surface area (Å²) in [6, 6.07) is 15.3. The highest BCUT2D eigenvalue weighted by atomic mass is 35.5. The van der Waals surface area contributed by atoms with Crippen molar-refractivity contribution in [1.82, 2.24) is 0 Å². The summed E-state index contributed by atoms with van der Waals surface area (Å²) in [7, 11) is 0. The van der Waals surface area contributed by atoms with E-state index < -0.39 is 0 Å². The van der Waals surface area contributed by atoms with Crippen LogP contribution in [0.4, 0.5) is 11.4 Å². The molecule has 0 aliphatic rings. The minimum absolute atomic E-state index is 0.577. The molecular formula is C14H11ClN2S. The maximum absolute atomic E-state index is 9.03. The Bertz CT molecular complexity index is 588. The lowest BCUT2D eigenvalue weighted by Crippen LogP contribution is -1.93. The molecule has 0 aliphatic carbocycles. The Labute approximate surface area is 116 Å². The number of nitriles is 1. The molecule has 0 saturated heterocycles. The van der Waals surface area contributed by atoms with E-state index in [0.29, 0.717) is 10.6 Å². The quantitative estimate of drug-likeness (QED) is 0.826. The molecular weight excluding hydrogens is 264 g/mol. The van der Waals surface area contributed by atoms with Gasteiger partial charge in [0.05, 0.1) is 11.3 Å². The fourth-order valence-electron chi connectivity index (χ4n) is 1.55. The first-order valence-electron chi connectivity index (χ1n) is 5.33. The number of benzene rings is 2. The highest BCUT2D eigenvalue weighted by Crippen LogP contribution is 2.25. The van der Waals surface area contributed by atoms with Crippen LogP contribution >= 0.6 is 23.4 Å². The second-order valence-corrected chi connectivity index (χ2v) is 4.97. The first-order valence-corrected chi connectivity index (χ1v) is 6.94. The third kappa shape index (κ3) is 2.98. The largest absolute Gasteiger partial charge is 0.354 e. The number of nitrogens with zero attached hydrogens (tertiary/aromatic N) is 1. The third-order valence-electron chi connectivity index (χ3n) is 2.47. The van der Waals surface area contributed by atoms with Gasteiger partial charge in [0.2, 0.25) is 0 Å². The molecule has 0 unspecified atom stereocenters. The van der Waals surface area contributed by atoms with Gasteiger partial charge in [-0.25, -0.2) is 0 Å². The van der Waals surface area contributed by atoms with Gasteiger partial charge in [-0.15, -0.1) is 11.8 Å². The summed E-state index contributed by atoms with van der Waals surface area (Å²) in [5, 5.41) is 12.8. The fourth-order valence-corrected chi connectivity index (χ4v) is 2.13. The van der Waals surface area contributed by atoms with Gasteiger partial charge in [0.15, 0.2) is 0 Å². The minimum Gasteiger partial charge on any atom is -0.354 e. The SMILES string of the molecule is CSc1ccc(Nc2cc(Cl)ccc2C#N)cc1. The lowest BCUT2D eigenvalue weighted by atomic mass is 10.2. The van der Waals surface area contributed by atoms with Crippen molar-refractivity contribution in [2.45, 2.75) is 4.90 Å². The predicted octanol–water partition coefficient (Wildman–Crippen LogP) is 4.68. The molecule has 2 aromatic carbocycles. The van der Waals surface area contributed by atoms with Crippen molar-refractivity contribution in [1.29, 1.82) is 5.26 Å². The summed E-state index contributed by atoms with van der Waals surface area (Å²) in [5.74, 6) is 0. The van der Waals surface area contributed by atoms with E-state index in [2.05, 4.69) is 11.4 Å². The second-order valence-electron chi connectivity index (χ2n) is 3.66. The molecule has 2 nitrogen and oxygen atoms in total. The van der Waals surface area contributed by atoms with E-state index >= 15 is 0 Å². The van der Waals surface area contributed by atoms with Gasteiger partial charge in [0, 0.05) is 15.6 Å². The molecule has 0 fully saturated rings. The van der Waals surface area contributed by atoms with Crippen molar-refractivity contribution in [3.05, 3.63) is 53.1 Å². The summed E-state index contributed by atoms with van der Waals surface area (Å²) in [5.41, 5.74) is 2.24. The lowest BCUT2D eigenvalue weighted by Gasteiger charge is -2.09. The maximum atomic E-state index is 9.03. The maximum Gasteiger partial charge on any atom is 0.101 e. The molecule has 1 N–H and O–H groups in total. The molecule has 18 heavy (non-hydrogen) atoms. The Hall–Kier alpha value is -1.63. The molecule has 0 aliphatic heterocycles. The van der Waals surface area contributed by atoms with Crippen molar-refractivity contribution in [3.8, 4) is 6.07 Å². The standard InChI is InChI=1S/C14H11ClN2S/c1-18-13-6-4-12(5-7-13)17-14-8-11(15)3-2-10(14)9-16/h2-8,17H,1H3. The van der Waals surface area contributed by atoms with Crippen molar-refractivity contribution in [2.75, 3.05) is 11.6 Å². The Balaban J connectivity index is 2.27. The molecule has 0 atom stereocenters. The smallest absolute Gasteiger partial charge is 0.101 e. The number of rotatable bonds is 3. The topological polar surface area (TPSA) is 35.8 Å². The Kier molecular flexibility index (Phi) is 4.14. The summed E-state index contributed by atoms with van der Waals surface area (Å²) in [6.07, 6.45) is 2.03. The first-order chi connectivity index (χ1) is 8.72. The van der Waals surface area contributed by atoms with Crippen molar-refractivity contribution < 1.29 is 0 Å². The van der Waals surface area contributed by atoms with Crippen LogP contribution in [0.15, 0.2) is 47.4 Å². The van der Waals surface area contributed by atoms with E-state index in [1.165, 1.54) is 4.90 Å². The normalized spacial score (nSPS) is 9.83. The molecule has 0 bridgehead atoms. The summed E-state index contributed by atoms with van der Waals surface area (Å²) < 4.78 is 0. The van der Waals surface area contributed by atoms with E-state index in [-0.39, 0.29) is 0 Å². The van der Waals surface area contributed by atoms with Crippen LogP contribution in [0, 0.1) is 11.3 Å². The lowest BCUT2D eigenvalue weighted by molar-refractivity contribution is 1.43. The van der Waals surface area contributed by atoms with Crippen LogP contribution in [0.2, 0.25) is 5.02 Å². The van der Waals surface area contributed by atoms with Crippen LogP contribution in [0.5, 0.6) is 0 Å². The number of thioether (sulfide) groups is 1. The summed E-state index contributed by atoms with van der Waals surface area (Å²) in [6.45, 7) is 0. The van der Waals surface area contributed by atoms with Crippen LogP contribution in [-0.4, -0.2) is 6.26 Å². The van der Waals surface area contributed by atoms with Gasteiger partial charge in [0.1, 0.15) is 6.07 Å². The highest BCUT2D eigenvalue weighted by molar-refractivity contribution is 7.98. The number of hydrogen-bond donors (Lipinski definition) is 1. The van der Waals surface area contributed by atoms with E-state index in [9.17, 15) is 0 Å². The zero-order valence-corrected chi connectivity index (χ0v) is 11.3. The van der Waals surface area contributed by atoms with Gasteiger partial charge < -0.3 is 5.32 Å². The van der Waals surface area contributed by atoms with Gasteiger partial charge >= 0.3 is 0 Å². The van der Waals surface area contributed by atoms with Crippen LogP contribution in [0.1, 0.15) is 5.56 Å². The van der Waals surface area contributed by atoms with E-state index in [0.717, 1.165) is 11.4 Å². The summed E-state index contributed by atoms with van der Waals surface area (Å²) in [4.78, 5) is 1.20. The molecule has 2 rings (SSSR count). The monoisotopic (exact) mass is 274 g/mol. The average Bonchev–Trinajstić information content (AvgIpc) is 2.40. The highest BCUT2D eigenvalue weighted by Gasteiger charge is 2.03. The van der Waals surface area contributed by atoms with Crippen LogP contribution in [0.3, 0.4) is 0 Å². The van der Waals surface area contributed by atoms with Gasteiger partial charge in [0.25, 0.3) is 0 Å². The van der Waals surface area contributed by atoms with Crippen molar-refractivity contribution >= 4 is 34.7 Å². The number of anilines is 2. The van der Waals surface area contributed by atoms with Crippen molar-refractivity contribution in [2.24, 2.45) is 0 Å². The second kappa shape index (κ2) is 5.81. The molecule has 0 spiro atoms. The van der Waals surface area contributed by atoms with Gasteiger partial charge in [-0.2, -0.15) is 5.26 Å². The van der Waals surface area contributed by atoms with Crippen LogP contribution in [0.25, 0.3) is 0 Å². The zero-order valence-electron chi connectivity index (χ0n) is 9.77. The molecule has 0 radical (unpaired) electrons. The first kappa shape index (κ1) is 12.8. The molecule has 0 amide bonds. The molecule has 4 heteroatoms. The molecule has 0 heterocycles. The molecule has 0 saturated carbocycles. The minimum atomic E-state index is 0.577. The van der Waals surface area contributed by atoms with E-state index in [4.69, 9.17) is 16.9 Å². The number of hydrogen-bond acceptors (Lipinski definition) is 3. The van der Waals surface area contributed by atoms with Crippen molar-refractivity contribution in [3.63, 3.8) is 0 Å². The van der Waals surface area contributed by atoms with E-state index in [1.807, 2.05) is 30.5 Å². The van der Waals surface area contributed by atoms with Gasteiger partial charge in [-0.1, -0.05) is 11.6 Å². The molecule has 90 valence electrons. The predicted molar refractivity (Wildman–Crippen MR) is 77.7 cm³/mol. The van der Waals surface area contributed by atoms with Crippen LogP contribution < -0.4 is 5.32 Å². The van der Waals surface area contributed by atoms with Gasteiger partial charge in [-0.05, 0) is 48.7 Å². The number of halogens is 1. The van der Waals surface area contributed by atoms with E-state index in [1.54, 1.807) is 30.0 Å². The third-order valence-corrected chi connectivity index (χ3v) is 3.45. The fraction of sp³-hybridized carbons (Fsp3) is 0.0714. The zero-order chi connectivity index (χ0) is 13.0. The molecule has 0 aromatic heterocycles.